The van der Waals surface area contributed by atoms with Crippen molar-refractivity contribution in [3.63, 3.8) is 0 Å². The number of thioether (sulfide) groups is 1. The maximum Gasteiger partial charge on any atom is 0.332 e. The second-order valence-corrected chi connectivity index (χ2v) is 9.76. The summed E-state index contributed by atoms with van der Waals surface area (Å²) in [5.41, 5.74) is -1.24. The molecule has 1 aliphatic rings. The molecular formula is C20H28N6O4S. The lowest BCUT2D eigenvalue weighted by atomic mass is 9.96. The van der Waals surface area contributed by atoms with Gasteiger partial charge < -0.3 is 5.32 Å². The SMILES string of the molecule is Cn1c(=O)c2c(SCC(=O)NC(=O)NC3CCCC3)nc(C(C)(C)C)nc2n(C)c1=O. The van der Waals surface area contributed by atoms with Crippen LogP contribution in [0.3, 0.4) is 0 Å². The summed E-state index contributed by atoms with van der Waals surface area (Å²) >= 11 is 1.04. The molecule has 0 spiro atoms. The molecule has 1 fully saturated rings. The Bertz CT molecular complexity index is 1140. The van der Waals surface area contributed by atoms with Gasteiger partial charge in [0.05, 0.1) is 5.75 Å². The minimum absolute atomic E-state index is 0.102. The third-order valence-corrected chi connectivity index (χ3v) is 6.20. The van der Waals surface area contributed by atoms with Crippen LogP contribution in [-0.2, 0) is 24.3 Å². The highest BCUT2D eigenvalue weighted by Gasteiger charge is 2.24. The zero-order valence-electron chi connectivity index (χ0n) is 18.4. The van der Waals surface area contributed by atoms with Crippen LogP contribution in [0.2, 0.25) is 0 Å². The third-order valence-electron chi connectivity index (χ3n) is 5.22. The molecule has 3 amide bonds. The average molecular weight is 449 g/mol. The summed E-state index contributed by atoms with van der Waals surface area (Å²) in [4.78, 5) is 58.5. The predicted octanol–water partition coefficient (Wildman–Crippen LogP) is 1.19. The second-order valence-electron chi connectivity index (χ2n) is 8.80. The number of nitrogens with zero attached hydrogens (tertiary/aromatic N) is 4. The van der Waals surface area contributed by atoms with Gasteiger partial charge >= 0.3 is 11.7 Å². The first-order chi connectivity index (χ1) is 14.5. The number of aromatic nitrogens is 4. The number of hydrogen-bond donors (Lipinski definition) is 2. The summed E-state index contributed by atoms with van der Waals surface area (Å²) in [5.74, 6) is -0.156. The van der Waals surface area contributed by atoms with Crippen LogP contribution in [0.5, 0.6) is 0 Å². The minimum Gasteiger partial charge on any atom is -0.335 e. The molecule has 168 valence electrons. The summed E-state index contributed by atoms with van der Waals surface area (Å²) < 4.78 is 2.29. The standard InChI is InChI=1S/C20H28N6O4S/c1-20(2,3)17-23-14-13(16(28)26(5)19(30)25(14)4)15(24-17)31-10-12(27)22-18(29)21-11-8-6-7-9-11/h11H,6-10H2,1-5H3,(H2,21,22,27,29). The molecule has 11 heteroatoms. The van der Waals surface area contributed by atoms with Crippen molar-refractivity contribution >= 4 is 34.7 Å². The molecule has 2 aromatic heterocycles. The Hall–Kier alpha value is -2.69. The molecule has 0 bridgehead atoms. The van der Waals surface area contributed by atoms with Gasteiger partial charge in [-0.3, -0.25) is 24.0 Å². The molecule has 3 rings (SSSR count). The van der Waals surface area contributed by atoms with Crippen LogP contribution in [0.15, 0.2) is 14.6 Å². The van der Waals surface area contributed by atoms with Crippen LogP contribution < -0.4 is 21.9 Å². The van der Waals surface area contributed by atoms with Crippen molar-refractivity contribution in [2.75, 3.05) is 5.75 Å². The van der Waals surface area contributed by atoms with Crippen LogP contribution in [0.1, 0.15) is 52.3 Å². The largest absolute Gasteiger partial charge is 0.335 e. The monoisotopic (exact) mass is 448 g/mol. The topological polar surface area (TPSA) is 128 Å². The van der Waals surface area contributed by atoms with E-state index in [1.165, 1.54) is 18.7 Å². The predicted molar refractivity (Wildman–Crippen MR) is 118 cm³/mol. The maximum atomic E-state index is 12.8. The molecule has 0 aromatic carbocycles. The highest BCUT2D eigenvalue weighted by molar-refractivity contribution is 8.00. The van der Waals surface area contributed by atoms with Crippen LogP contribution in [0.25, 0.3) is 11.0 Å². The molecular weight excluding hydrogens is 420 g/mol. The van der Waals surface area contributed by atoms with Gasteiger partial charge in [-0.05, 0) is 12.8 Å². The van der Waals surface area contributed by atoms with E-state index in [0.717, 1.165) is 42.0 Å². The Morgan fingerprint density at radius 1 is 1.10 bits per heavy atom. The van der Waals surface area contributed by atoms with E-state index in [4.69, 9.17) is 0 Å². The van der Waals surface area contributed by atoms with Crippen molar-refractivity contribution in [1.82, 2.24) is 29.7 Å². The number of imide groups is 1. The second kappa shape index (κ2) is 8.81. The van der Waals surface area contributed by atoms with Gasteiger partial charge in [-0.2, -0.15) is 0 Å². The van der Waals surface area contributed by atoms with Gasteiger partial charge in [-0.1, -0.05) is 45.4 Å². The van der Waals surface area contributed by atoms with Crippen LogP contribution in [0.4, 0.5) is 4.79 Å². The highest BCUT2D eigenvalue weighted by Crippen LogP contribution is 2.26. The van der Waals surface area contributed by atoms with Crippen LogP contribution in [-0.4, -0.2) is 42.8 Å². The van der Waals surface area contributed by atoms with Gasteiger partial charge in [0, 0.05) is 25.6 Å². The summed E-state index contributed by atoms with van der Waals surface area (Å²) in [6.07, 6.45) is 3.98. The number of urea groups is 1. The lowest BCUT2D eigenvalue weighted by Crippen LogP contribution is -2.44. The Kier molecular flexibility index (Phi) is 6.54. The molecule has 0 aliphatic heterocycles. The molecule has 0 atom stereocenters. The number of fused-ring (bicyclic) bond motifs is 1. The van der Waals surface area contributed by atoms with Gasteiger partial charge in [0.25, 0.3) is 5.56 Å². The van der Waals surface area contributed by atoms with E-state index < -0.39 is 28.6 Å². The Morgan fingerprint density at radius 2 is 1.74 bits per heavy atom. The number of nitrogens with one attached hydrogen (secondary N) is 2. The summed E-state index contributed by atoms with van der Waals surface area (Å²) in [5, 5.41) is 5.60. The summed E-state index contributed by atoms with van der Waals surface area (Å²) in [6.45, 7) is 5.76. The van der Waals surface area contributed by atoms with Crippen molar-refractivity contribution < 1.29 is 9.59 Å². The van der Waals surface area contributed by atoms with Gasteiger partial charge in [0.1, 0.15) is 16.2 Å². The molecule has 1 aliphatic carbocycles. The first-order valence-corrected chi connectivity index (χ1v) is 11.2. The zero-order chi connectivity index (χ0) is 22.9. The fourth-order valence-electron chi connectivity index (χ4n) is 3.46. The maximum absolute atomic E-state index is 12.8. The van der Waals surface area contributed by atoms with Crippen molar-refractivity contribution in [3.05, 3.63) is 26.7 Å². The fraction of sp³-hybridized carbons (Fsp3) is 0.600. The molecule has 0 saturated heterocycles. The van der Waals surface area contributed by atoms with E-state index in [9.17, 15) is 19.2 Å². The molecule has 10 nitrogen and oxygen atoms in total. The van der Waals surface area contributed by atoms with Gasteiger partial charge in [0.15, 0.2) is 5.65 Å². The number of rotatable bonds is 4. The molecule has 0 radical (unpaired) electrons. The van der Waals surface area contributed by atoms with Crippen LogP contribution >= 0.6 is 11.8 Å². The van der Waals surface area contributed by atoms with E-state index in [1.807, 2.05) is 20.8 Å². The highest BCUT2D eigenvalue weighted by atomic mass is 32.2. The van der Waals surface area contributed by atoms with Gasteiger partial charge in [-0.15, -0.1) is 0 Å². The average Bonchev–Trinajstić information content (AvgIpc) is 3.20. The zero-order valence-corrected chi connectivity index (χ0v) is 19.3. The van der Waals surface area contributed by atoms with Crippen molar-refractivity contribution in [3.8, 4) is 0 Å². The van der Waals surface area contributed by atoms with E-state index in [2.05, 4.69) is 20.6 Å². The van der Waals surface area contributed by atoms with Gasteiger partial charge in [-0.25, -0.2) is 19.6 Å². The minimum atomic E-state index is -0.527. The smallest absolute Gasteiger partial charge is 0.332 e. The van der Waals surface area contributed by atoms with Crippen molar-refractivity contribution in [2.45, 2.75) is 62.9 Å². The van der Waals surface area contributed by atoms with Crippen molar-refractivity contribution in [1.29, 1.82) is 0 Å². The number of hydrogen-bond acceptors (Lipinski definition) is 7. The molecule has 2 heterocycles. The Morgan fingerprint density at radius 3 is 2.35 bits per heavy atom. The Balaban J connectivity index is 1.88. The van der Waals surface area contributed by atoms with E-state index in [-0.39, 0.29) is 22.8 Å². The molecule has 0 unspecified atom stereocenters. The lowest BCUT2D eigenvalue weighted by Gasteiger charge is -2.19. The summed E-state index contributed by atoms with van der Waals surface area (Å²) in [7, 11) is 2.92. The first kappa shape index (κ1) is 23.0. The molecule has 2 N–H and O–H groups in total. The molecule has 2 aromatic rings. The first-order valence-electron chi connectivity index (χ1n) is 10.2. The number of amides is 3. The van der Waals surface area contributed by atoms with E-state index in [0.29, 0.717) is 10.9 Å². The number of carbonyl (C=O) groups is 2. The van der Waals surface area contributed by atoms with Crippen LogP contribution in [0, 0.1) is 0 Å². The number of aryl methyl sites for hydroxylation is 1. The summed E-state index contributed by atoms with van der Waals surface area (Å²) in [6, 6.07) is -0.413. The van der Waals surface area contributed by atoms with Gasteiger partial charge in [0.2, 0.25) is 5.91 Å². The Labute approximate surface area is 183 Å². The lowest BCUT2D eigenvalue weighted by molar-refractivity contribution is -0.117. The fourth-order valence-corrected chi connectivity index (χ4v) is 4.27. The molecule has 31 heavy (non-hydrogen) atoms. The van der Waals surface area contributed by atoms with Crippen molar-refractivity contribution in [2.24, 2.45) is 14.1 Å². The number of carbonyl (C=O) groups excluding carboxylic acids is 2. The quantitative estimate of drug-likeness (QED) is 0.531. The molecule has 1 saturated carbocycles. The normalized spacial score (nSPS) is 14.7. The van der Waals surface area contributed by atoms with E-state index >= 15 is 0 Å². The third kappa shape index (κ3) is 4.97. The van der Waals surface area contributed by atoms with E-state index in [1.54, 1.807) is 0 Å².